The van der Waals surface area contributed by atoms with Crippen LogP contribution in [0.15, 0.2) is 45.6 Å². The third-order valence-corrected chi connectivity index (χ3v) is 4.64. The Morgan fingerprint density at radius 1 is 1.26 bits per heavy atom. The van der Waals surface area contributed by atoms with Crippen LogP contribution in [0.4, 0.5) is 0 Å². The lowest BCUT2D eigenvalue weighted by Gasteiger charge is -2.18. The predicted molar refractivity (Wildman–Crippen MR) is 85.0 cm³/mol. The molecular weight excluding hydrogens is 322 g/mol. The number of hydrogen-bond donors (Lipinski definition) is 1. The van der Waals surface area contributed by atoms with E-state index in [1.165, 1.54) is 10.0 Å². The zero-order valence-corrected chi connectivity index (χ0v) is 13.3. The van der Waals surface area contributed by atoms with Crippen molar-refractivity contribution in [2.24, 2.45) is 0 Å². The van der Waals surface area contributed by atoms with Crippen molar-refractivity contribution in [1.29, 1.82) is 0 Å². The van der Waals surface area contributed by atoms with Gasteiger partial charge in [0.2, 0.25) is 0 Å². The maximum absolute atomic E-state index is 5.77. The van der Waals surface area contributed by atoms with Crippen LogP contribution in [0.2, 0.25) is 0 Å². The molecule has 1 N–H and O–H groups in total. The van der Waals surface area contributed by atoms with Gasteiger partial charge >= 0.3 is 0 Å². The van der Waals surface area contributed by atoms with Crippen LogP contribution in [-0.2, 0) is 0 Å². The molecule has 4 heteroatoms. The van der Waals surface area contributed by atoms with Crippen molar-refractivity contribution in [3.63, 3.8) is 0 Å². The second kappa shape index (κ2) is 7.68. The molecule has 0 amide bonds. The maximum Gasteiger partial charge on any atom is 0.119 e. The zero-order valence-electron chi connectivity index (χ0n) is 10.9. The fourth-order valence-corrected chi connectivity index (χ4v) is 3.59. The molecule has 1 atom stereocenters. The van der Waals surface area contributed by atoms with E-state index in [9.17, 15) is 0 Å². The molecule has 1 heterocycles. The number of rotatable bonds is 7. The Balaban J connectivity index is 1.89. The van der Waals surface area contributed by atoms with Crippen molar-refractivity contribution >= 4 is 27.3 Å². The van der Waals surface area contributed by atoms with Gasteiger partial charge in [0.25, 0.3) is 0 Å². The lowest BCUT2D eigenvalue weighted by Crippen LogP contribution is -2.22. The summed E-state index contributed by atoms with van der Waals surface area (Å²) in [5.74, 6) is 0.933. The molecule has 1 unspecified atom stereocenters. The number of ether oxygens (including phenoxy) is 1. The first-order chi connectivity index (χ1) is 9.31. The third-order valence-electron chi connectivity index (χ3n) is 2.89. The Hall–Kier alpha value is -0.840. The van der Waals surface area contributed by atoms with Gasteiger partial charge in [-0.25, -0.2) is 0 Å². The molecule has 0 saturated carbocycles. The highest BCUT2D eigenvalue weighted by atomic mass is 79.9. The van der Waals surface area contributed by atoms with Gasteiger partial charge in [0.1, 0.15) is 5.75 Å². The van der Waals surface area contributed by atoms with Crippen molar-refractivity contribution in [2.45, 2.75) is 19.4 Å². The number of nitrogens with one attached hydrogen (secondary N) is 1. The number of thiophene rings is 1. The van der Waals surface area contributed by atoms with Crippen LogP contribution in [0.1, 0.15) is 24.9 Å². The second-order valence-electron chi connectivity index (χ2n) is 4.24. The maximum atomic E-state index is 5.77. The van der Waals surface area contributed by atoms with Crippen LogP contribution in [0.5, 0.6) is 5.75 Å². The van der Waals surface area contributed by atoms with Gasteiger partial charge in [-0.1, -0.05) is 25.1 Å². The van der Waals surface area contributed by atoms with Crippen molar-refractivity contribution in [2.75, 3.05) is 13.2 Å². The molecule has 1 aromatic heterocycles. The Kier molecular flexibility index (Phi) is 5.89. The first-order valence-electron chi connectivity index (χ1n) is 6.44. The van der Waals surface area contributed by atoms with Gasteiger partial charge in [0.15, 0.2) is 0 Å². The normalized spacial score (nSPS) is 12.3. The molecule has 19 heavy (non-hydrogen) atoms. The minimum atomic E-state index is 0.342. The Labute approximate surface area is 126 Å². The molecule has 0 fully saturated rings. The summed E-state index contributed by atoms with van der Waals surface area (Å²) >= 11 is 5.33. The monoisotopic (exact) mass is 339 g/mol. The van der Waals surface area contributed by atoms with Crippen LogP contribution >= 0.6 is 27.3 Å². The minimum absolute atomic E-state index is 0.342. The van der Waals surface area contributed by atoms with Crippen LogP contribution in [-0.4, -0.2) is 13.2 Å². The van der Waals surface area contributed by atoms with Gasteiger partial charge < -0.3 is 10.1 Å². The van der Waals surface area contributed by atoms with E-state index in [0.717, 1.165) is 18.7 Å². The highest BCUT2D eigenvalue weighted by molar-refractivity contribution is 9.10. The Morgan fingerprint density at radius 3 is 2.68 bits per heavy atom. The fraction of sp³-hybridized carbons (Fsp3) is 0.333. The molecule has 1 aromatic carbocycles. The number of para-hydroxylation sites is 1. The SMILES string of the molecule is CCNC(CCOc1ccccc1)c1cscc1Br. The minimum Gasteiger partial charge on any atom is -0.494 e. The first kappa shape index (κ1) is 14.6. The molecule has 0 radical (unpaired) electrons. The van der Waals surface area contributed by atoms with Crippen molar-refractivity contribution in [3.05, 3.63) is 51.1 Å². The van der Waals surface area contributed by atoms with Crippen LogP contribution in [0.3, 0.4) is 0 Å². The highest BCUT2D eigenvalue weighted by Gasteiger charge is 2.14. The third kappa shape index (κ3) is 4.34. The molecule has 2 nitrogen and oxygen atoms in total. The lowest BCUT2D eigenvalue weighted by atomic mass is 10.1. The van der Waals surface area contributed by atoms with Gasteiger partial charge in [-0.05, 0) is 45.6 Å². The average molecular weight is 340 g/mol. The highest BCUT2D eigenvalue weighted by Crippen LogP contribution is 2.29. The molecule has 0 aliphatic rings. The quantitative estimate of drug-likeness (QED) is 0.793. The van der Waals surface area contributed by atoms with Crippen molar-refractivity contribution < 1.29 is 4.74 Å². The van der Waals surface area contributed by atoms with Gasteiger partial charge in [-0.15, -0.1) is 0 Å². The van der Waals surface area contributed by atoms with Crippen LogP contribution in [0, 0.1) is 0 Å². The molecule has 0 saturated heterocycles. The van der Waals surface area contributed by atoms with E-state index in [4.69, 9.17) is 4.74 Å². The standard InChI is InChI=1S/C15H18BrNOS/c1-2-17-15(13-10-19-11-14(13)16)8-9-18-12-6-4-3-5-7-12/h3-7,10-11,15,17H,2,8-9H2,1H3. The molecule has 2 aromatic rings. The summed E-state index contributed by atoms with van der Waals surface area (Å²) in [6, 6.07) is 10.3. The summed E-state index contributed by atoms with van der Waals surface area (Å²) in [5.41, 5.74) is 1.32. The van der Waals surface area contributed by atoms with Gasteiger partial charge in [-0.2, -0.15) is 11.3 Å². The summed E-state index contributed by atoms with van der Waals surface area (Å²) in [4.78, 5) is 0. The average Bonchev–Trinajstić information content (AvgIpc) is 2.85. The van der Waals surface area contributed by atoms with Crippen molar-refractivity contribution in [3.8, 4) is 5.75 Å². The molecule has 0 aliphatic carbocycles. The number of hydrogen-bond acceptors (Lipinski definition) is 3. The summed E-state index contributed by atoms with van der Waals surface area (Å²) in [5, 5.41) is 7.83. The number of benzene rings is 1. The van der Waals surface area contributed by atoms with E-state index in [1.54, 1.807) is 11.3 Å². The van der Waals surface area contributed by atoms with Gasteiger partial charge in [0.05, 0.1) is 6.61 Å². The molecule has 0 aliphatic heterocycles. The fourth-order valence-electron chi connectivity index (χ4n) is 1.97. The van der Waals surface area contributed by atoms with E-state index >= 15 is 0 Å². The van der Waals surface area contributed by atoms with Crippen molar-refractivity contribution in [1.82, 2.24) is 5.32 Å². The topological polar surface area (TPSA) is 21.3 Å². The summed E-state index contributed by atoms with van der Waals surface area (Å²) in [6.45, 7) is 3.80. The lowest BCUT2D eigenvalue weighted by molar-refractivity contribution is 0.287. The van der Waals surface area contributed by atoms with E-state index < -0.39 is 0 Å². The van der Waals surface area contributed by atoms with Crippen LogP contribution < -0.4 is 10.1 Å². The first-order valence-corrected chi connectivity index (χ1v) is 8.17. The summed E-state index contributed by atoms with van der Waals surface area (Å²) in [6.07, 6.45) is 0.956. The molecule has 0 spiro atoms. The van der Waals surface area contributed by atoms with Gasteiger partial charge in [-0.3, -0.25) is 0 Å². The van der Waals surface area contributed by atoms with E-state index in [-0.39, 0.29) is 0 Å². The Bertz CT molecular complexity index is 486. The summed E-state index contributed by atoms with van der Waals surface area (Å²) < 4.78 is 6.95. The zero-order chi connectivity index (χ0) is 13.5. The summed E-state index contributed by atoms with van der Waals surface area (Å²) in [7, 11) is 0. The number of halogens is 1. The van der Waals surface area contributed by atoms with Crippen LogP contribution in [0.25, 0.3) is 0 Å². The molecule has 102 valence electrons. The van der Waals surface area contributed by atoms with E-state index in [2.05, 4.69) is 38.9 Å². The van der Waals surface area contributed by atoms with Gasteiger partial charge in [0, 0.05) is 22.3 Å². The van der Waals surface area contributed by atoms with E-state index in [1.807, 2.05) is 30.3 Å². The molecule has 2 rings (SSSR count). The van der Waals surface area contributed by atoms with E-state index in [0.29, 0.717) is 12.6 Å². The second-order valence-corrected chi connectivity index (χ2v) is 5.83. The smallest absolute Gasteiger partial charge is 0.119 e. The molecule has 0 bridgehead atoms. The largest absolute Gasteiger partial charge is 0.494 e. The predicted octanol–water partition coefficient (Wildman–Crippen LogP) is 4.63. The Morgan fingerprint density at radius 2 is 2.05 bits per heavy atom. The molecular formula is C15H18BrNOS.